The van der Waals surface area contributed by atoms with Crippen LogP contribution in [0.4, 0.5) is 0 Å². The molecule has 1 aliphatic carbocycles. The zero-order chi connectivity index (χ0) is 12.7. The van der Waals surface area contributed by atoms with Crippen molar-refractivity contribution in [2.75, 3.05) is 13.2 Å². The molecule has 1 N–H and O–H groups in total. The smallest absolute Gasteiger partial charge is 0.119 e. The minimum atomic E-state index is -0.0399. The van der Waals surface area contributed by atoms with E-state index in [9.17, 15) is 5.11 Å². The Hall–Kier alpha value is -1.02. The van der Waals surface area contributed by atoms with Crippen LogP contribution in [0.3, 0.4) is 0 Å². The lowest BCUT2D eigenvalue weighted by Gasteiger charge is -2.21. The summed E-state index contributed by atoms with van der Waals surface area (Å²) in [5.74, 6) is 0.917. The first-order valence-electron chi connectivity index (χ1n) is 6.31. The number of hydrogen-bond donors (Lipinski definition) is 1. The van der Waals surface area contributed by atoms with E-state index in [1.165, 1.54) is 11.1 Å². The van der Waals surface area contributed by atoms with Crippen LogP contribution in [0.5, 0.6) is 5.75 Å². The maximum absolute atomic E-state index is 9.71. The minimum absolute atomic E-state index is 0.0399. The van der Waals surface area contributed by atoms with Crippen molar-refractivity contribution in [1.82, 2.24) is 0 Å². The Kier molecular flexibility index (Phi) is 2.94. The molecule has 1 aromatic carbocycles. The van der Waals surface area contributed by atoms with Crippen LogP contribution in [0.2, 0.25) is 0 Å². The molecule has 0 bridgehead atoms. The molecule has 0 aromatic heterocycles. The van der Waals surface area contributed by atoms with Crippen molar-refractivity contribution in [2.24, 2.45) is 5.41 Å². The van der Waals surface area contributed by atoms with Crippen molar-refractivity contribution in [3.05, 3.63) is 29.3 Å². The molecule has 1 unspecified atom stereocenters. The summed E-state index contributed by atoms with van der Waals surface area (Å²) in [6.07, 6.45) is 1.06. The van der Waals surface area contributed by atoms with Crippen LogP contribution >= 0.6 is 0 Å². The number of benzene rings is 1. The maximum atomic E-state index is 9.71. The Balaban J connectivity index is 2.35. The highest BCUT2D eigenvalue weighted by Gasteiger charge is 2.61. The number of aliphatic hydroxyl groups is 1. The minimum Gasteiger partial charge on any atom is -0.494 e. The van der Waals surface area contributed by atoms with Gasteiger partial charge in [0.1, 0.15) is 5.75 Å². The molecule has 2 heteroatoms. The molecule has 0 radical (unpaired) electrons. The summed E-state index contributed by atoms with van der Waals surface area (Å²) >= 11 is 0. The molecule has 0 spiro atoms. The summed E-state index contributed by atoms with van der Waals surface area (Å²) in [7, 11) is 0. The van der Waals surface area contributed by atoms with Gasteiger partial charge < -0.3 is 9.84 Å². The predicted molar refractivity (Wildman–Crippen MR) is 69.5 cm³/mol. The molecule has 2 nitrogen and oxygen atoms in total. The molecule has 0 amide bonds. The molecule has 1 saturated carbocycles. The van der Waals surface area contributed by atoms with Gasteiger partial charge in [-0.2, -0.15) is 0 Å². The van der Waals surface area contributed by atoms with Crippen molar-refractivity contribution in [2.45, 2.75) is 39.5 Å². The molecular weight excluding hydrogens is 212 g/mol. The van der Waals surface area contributed by atoms with Gasteiger partial charge in [-0.3, -0.25) is 0 Å². The molecule has 2 rings (SSSR count). The topological polar surface area (TPSA) is 29.5 Å². The molecule has 0 heterocycles. The Morgan fingerprint density at radius 3 is 2.41 bits per heavy atom. The largest absolute Gasteiger partial charge is 0.494 e. The van der Waals surface area contributed by atoms with E-state index in [0.717, 1.165) is 12.2 Å². The van der Waals surface area contributed by atoms with Gasteiger partial charge in [0.05, 0.1) is 13.2 Å². The number of aliphatic hydroxyl groups excluding tert-OH is 1. The first kappa shape index (κ1) is 12.4. The average molecular weight is 234 g/mol. The van der Waals surface area contributed by atoms with E-state index in [-0.39, 0.29) is 17.4 Å². The molecule has 0 aliphatic heterocycles. The normalized spacial score (nSPS) is 25.7. The second-order valence-electron chi connectivity index (χ2n) is 5.71. The fourth-order valence-corrected chi connectivity index (χ4v) is 2.95. The van der Waals surface area contributed by atoms with E-state index in [2.05, 4.69) is 32.9 Å². The van der Waals surface area contributed by atoms with E-state index < -0.39 is 0 Å². The van der Waals surface area contributed by atoms with Gasteiger partial charge in [-0.1, -0.05) is 19.9 Å². The van der Waals surface area contributed by atoms with Gasteiger partial charge in [-0.05, 0) is 48.9 Å². The van der Waals surface area contributed by atoms with Crippen LogP contribution in [-0.2, 0) is 5.41 Å². The maximum Gasteiger partial charge on any atom is 0.119 e. The van der Waals surface area contributed by atoms with Gasteiger partial charge in [0.15, 0.2) is 0 Å². The molecule has 1 atom stereocenters. The van der Waals surface area contributed by atoms with Gasteiger partial charge in [-0.25, -0.2) is 0 Å². The van der Waals surface area contributed by atoms with Crippen molar-refractivity contribution >= 4 is 0 Å². The molecule has 94 valence electrons. The number of hydrogen-bond acceptors (Lipinski definition) is 2. The van der Waals surface area contributed by atoms with Crippen LogP contribution in [0, 0.1) is 12.3 Å². The number of aryl methyl sites for hydroxylation is 1. The molecule has 0 saturated heterocycles. The molecule has 17 heavy (non-hydrogen) atoms. The van der Waals surface area contributed by atoms with E-state index >= 15 is 0 Å². The van der Waals surface area contributed by atoms with Gasteiger partial charge in [0.2, 0.25) is 0 Å². The number of ether oxygens (including phenoxy) is 1. The predicted octanol–water partition coefficient (Wildman–Crippen LogP) is 3.05. The quantitative estimate of drug-likeness (QED) is 0.867. The van der Waals surface area contributed by atoms with Crippen molar-refractivity contribution in [3.63, 3.8) is 0 Å². The lowest BCUT2D eigenvalue weighted by Crippen LogP contribution is -2.20. The monoisotopic (exact) mass is 234 g/mol. The summed E-state index contributed by atoms with van der Waals surface area (Å²) in [6, 6.07) is 6.20. The Labute approximate surface area is 104 Å². The zero-order valence-corrected chi connectivity index (χ0v) is 11.2. The van der Waals surface area contributed by atoms with Crippen LogP contribution in [0.1, 0.15) is 38.3 Å². The highest BCUT2D eigenvalue weighted by Crippen LogP contribution is 2.64. The molecule has 1 aliphatic rings. The zero-order valence-electron chi connectivity index (χ0n) is 11.2. The second kappa shape index (κ2) is 4.02. The summed E-state index contributed by atoms with van der Waals surface area (Å²) in [5, 5.41) is 9.71. The van der Waals surface area contributed by atoms with E-state index in [0.29, 0.717) is 6.61 Å². The summed E-state index contributed by atoms with van der Waals surface area (Å²) in [5.41, 5.74) is 2.66. The standard InChI is InChI=1S/C15H22O2/c1-5-17-12-6-7-13(11(2)8-12)15(10-16)9-14(15,3)4/h6-8,16H,5,9-10H2,1-4H3. The summed E-state index contributed by atoms with van der Waals surface area (Å²) in [6.45, 7) is 9.45. The van der Waals surface area contributed by atoms with Crippen LogP contribution in [0.15, 0.2) is 18.2 Å². The number of rotatable bonds is 4. The first-order valence-corrected chi connectivity index (χ1v) is 6.31. The highest BCUT2D eigenvalue weighted by atomic mass is 16.5. The first-order chi connectivity index (χ1) is 7.97. The van der Waals surface area contributed by atoms with Crippen molar-refractivity contribution < 1.29 is 9.84 Å². The highest BCUT2D eigenvalue weighted by molar-refractivity contribution is 5.45. The Bertz CT molecular complexity index is 423. The fraction of sp³-hybridized carbons (Fsp3) is 0.600. The third-order valence-electron chi connectivity index (χ3n) is 4.21. The molecular formula is C15H22O2. The molecule has 1 fully saturated rings. The Morgan fingerprint density at radius 1 is 1.35 bits per heavy atom. The van der Waals surface area contributed by atoms with Gasteiger partial charge in [0.25, 0.3) is 0 Å². The van der Waals surface area contributed by atoms with Crippen LogP contribution in [0.25, 0.3) is 0 Å². The fourth-order valence-electron chi connectivity index (χ4n) is 2.95. The summed E-state index contributed by atoms with van der Waals surface area (Å²) < 4.78 is 5.50. The average Bonchev–Trinajstić information content (AvgIpc) is 2.83. The van der Waals surface area contributed by atoms with Crippen molar-refractivity contribution in [1.29, 1.82) is 0 Å². The van der Waals surface area contributed by atoms with Crippen molar-refractivity contribution in [3.8, 4) is 5.75 Å². The van der Waals surface area contributed by atoms with Gasteiger partial charge >= 0.3 is 0 Å². The lowest BCUT2D eigenvalue weighted by molar-refractivity contribution is 0.231. The third-order valence-corrected chi connectivity index (χ3v) is 4.21. The van der Waals surface area contributed by atoms with E-state index in [1.54, 1.807) is 0 Å². The van der Waals surface area contributed by atoms with E-state index in [1.807, 2.05) is 13.0 Å². The van der Waals surface area contributed by atoms with Crippen LogP contribution in [-0.4, -0.2) is 18.3 Å². The summed E-state index contributed by atoms with van der Waals surface area (Å²) in [4.78, 5) is 0. The molecule has 1 aromatic rings. The van der Waals surface area contributed by atoms with E-state index in [4.69, 9.17) is 4.74 Å². The van der Waals surface area contributed by atoms with Gasteiger partial charge in [-0.15, -0.1) is 0 Å². The second-order valence-corrected chi connectivity index (χ2v) is 5.71. The van der Waals surface area contributed by atoms with Crippen LogP contribution < -0.4 is 4.74 Å². The van der Waals surface area contributed by atoms with Gasteiger partial charge in [0, 0.05) is 5.41 Å². The third kappa shape index (κ3) is 1.85. The lowest BCUT2D eigenvalue weighted by atomic mass is 9.86. The Morgan fingerprint density at radius 2 is 2.00 bits per heavy atom. The SMILES string of the molecule is CCOc1ccc(C2(CO)CC2(C)C)c(C)c1.